The van der Waals surface area contributed by atoms with Gasteiger partial charge in [-0.15, -0.1) is 0 Å². The van der Waals surface area contributed by atoms with Gasteiger partial charge in [-0.05, 0) is 37.8 Å². The third-order valence-corrected chi connectivity index (χ3v) is 4.10. The first kappa shape index (κ1) is 12.8. The SMILES string of the molecule is COC(=O)[C@H]1CCCN(CC2(C)CCNC2)C1. The van der Waals surface area contributed by atoms with Crippen LogP contribution in [0.5, 0.6) is 0 Å². The largest absolute Gasteiger partial charge is 0.469 e. The highest BCUT2D eigenvalue weighted by molar-refractivity contribution is 5.72. The second-order valence-corrected chi connectivity index (χ2v) is 5.83. The molecule has 2 atom stereocenters. The molecule has 0 spiro atoms. The highest BCUT2D eigenvalue weighted by Gasteiger charge is 2.34. The van der Waals surface area contributed by atoms with Crippen LogP contribution in [0, 0.1) is 11.3 Å². The van der Waals surface area contributed by atoms with Crippen LogP contribution in [0.1, 0.15) is 26.2 Å². The molecule has 1 N–H and O–H groups in total. The summed E-state index contributed by atoms with van der Waals surface area (Å²) in [4.78, 5) is 14.0. The number of carbonyl (C=O) groups excluding carboxylic acids is 1. The number of rotatable bonds is 3. The zero-order valence-corrected chi connectivity index (χ0v) is 11.0. The number of ether oxygens (including phenoxy) is 1. The van der Waals surface area contributed by atoms with Gasteiger partial charge in [0.15, 0.2) is 0 Å². The Morgan fingerprint density at radius 2 is 2.41 bits per heavy atom. The molecule has 0 saturated carbocycles. The van der Waals surface area contributed by atoms with E-state index in [-0.39, 0.29) is 11.9 Å². The zero-order valence-electron chi connectivity index (χ0n) is 11.0. The number of nitrogens with zero attached hydrogens (tertiary/aromatic N) is 1. The van der Waals surface area contributed by atoms with Crippen LogP contribution in [0.4, 0.5) is 0 Å². The molecule has 0 radical (unpaired) electrons. The van der Waals surface area contributed by atoms with Crippen LogP contribution in [0.25, 0.3) is 0 Å². The van der Waals surface area contributed by atoms with Crippen LogP contribution in [-0.2, 0) is 9.53 Å². The van der Waals surface area contributed by atoms with Crippen LogP contribution in [0.3, 0.4) is 0 Å². The van der Waals surface area contributed by atoms with Gasteiger partial charge in [-0.2, -0.15) is 0 Å². The molecule has 0 bridgehead atoms. The Labute approximate surface area is 104 Å². The summed E-state index contributed by atoms with van der Waals surface area (Å²) in [7, 11) is 1.49. The number of esters is 1. The molecular weight excluding hydrogens is 216 g/mol. The number of hydrogen-bond acceptors (Lipinski definition) is 4. The fourth-order valence-electron chi connectivity index (χ4n) is 3.10. The van der Waals surface area contributed by atoms with Gasteiger partial charge >= 0.3 is 5.97 Å². The van der Waals surface area contributed by atoms with Crippen molar-refractivity contribution in [2.45, 2.75) is 26.2 Å². The van der Waals surface area contributed by atoms with Crippen molar-refractivity contribution in [2.24, 2.45) is 11.3 Å². The Kier molecular flexibility index (Phi) is 4.05. The normalized spacial score (nSPS) is 34.8. The summed E-state index contributed by atoms with van der Waals surface area (Å²) in [5.74, 6) is 0.0520. The molecule has 2 heterocycles. The number of carbonyl (C=O) groups is 1. The highest BCUT2D eigenvalue weighted by Crippen LogP contribution is 2.28. The second kappa shape index (κ2) is 5.36. The lowest BCUT2D eigenvalue weighted by molar-refractivity contribution is -0.147. The van der Waals surface area contributed by atoms with Gasteiger partial charge in [0.25, 0.3) is 0 Å². The Morgan fingerprint density at radius 1 is 1.59 bits per heavy atom. The Bertz CT molecular complexity index is 275. The molecule has 2 aliphatic heterocycles. The molecule has 17 heavy (non-hydrogen) atoms. The molecule has 2 aliphatic rings. The molecule has 98 valence electrons. The van der Waals surface area contributed by atoms with Crippen molar-refractivity contribution in [1.82, 2.24) is 10.2 Å². The van der Waals surface area contributed by atoms with E-state index < -0.39 is 0 Å². The van der Waals surface area contributed by atoms with E-state index in [1.54, 1.807) is 0 Å². The molecule has 0 aromatic carbocycles. The van der Waals surface area contributed by atoms with E-state index in [0.717, 1.165) is 45.6 Å². The van der Waals surface area contributed by atoms with Crippen molar-refractivity contribution >= 4 is 5.97 Å². The van der Waals surface area contributed by atoms with E-state index in [4.69, 9.17) is 4.74 Å². The second-order valence-electron chi connectivity index (χ2n) is 5.83. The van der Waals surface area contributed by atoms with E-state index in [1.165, 1.54) is 13.5 Å². The molecular formula is C13H24N2O2. The summed E-state index contributed by atoms with van der Waals surface area (Å²) < 4.78 is 4.86. The standard InChI is InChI=1S/C13H24N2O2/c1-13(5-6-14-9-13)10-15-7-3-4-11(8-15)12(16)17-2/h11,14H,3-10H2,1-2H3/t11-,13?/m0/s1. The molecule has 2 fully saturated rings. The third-order valence-electron chi connectivity index (χ3n) is 4.10. The smallest absolute Gasteiger partial charge is 0.309 e. The fourth-order valence-corrected chi connectivity index (χ4v) is 3.10. The first-order valence-electron chi connectivity index (χ1n) is 6.64. The molecule has 2 saturated heterocycles. The van der Waals surface area contributed by atoms with Gasteiger partial charge in [0.1, 0.15) is 0 Å². The van der Waals surface area contributed by atoms with Gasteiger partial charge in [-0.25, -0.2) is 0 Å². The predicted molar refractivity (Wildman–Crippen MR) is 66.8 cm³/mol. The number of nitrogens with one attached hydrogen (secondary N) is 1. The maximum atomic E-state index is 11.6. The lowest BCUT2D eigenvalue weighted by Gasteiger charge is -2.36. The van der Waals surface area contributed by atoms with Crippen LogP contribution in [0.2, 0.25) is 0 Å². The fraction of sp³-hybridized carbons (Fsp3) is 0.923. The number of piperidine rings is 1. The van der Waals surface area contributed by atoms with E-state index in [9.17, 15) is 4.79 Å². The topological polar surface area (TPSA) is 41.6 Å². The van der Waals surface area contributed by atoms with Crippen LogP contribution >= 0.6 is 0 Å². The van der Waals surface area contributed by atoms with Crippen LogP contribution in [0.15, 0.2) is 0 Å². The maximum Gasteiger partial charge on any atom is 0.309 e. The minimum absolute atomic E-state index is 0.0376. The average Bonchev–Trinajstić information content (AvgIpc) is 2.75. The first-order valence-corrected chi connectivity index (χ1v) is 6.64. The molecule has 0 aromatic rings. The van der Waals surface area contributed by atoms with Gasteiger partial charge in [0.05, 0.1) is 13.0 Å². The van der Waals surface area contributed by atoms with E-state index >= 15 is 0 Å². The summed E-state index contributed by atoms with van der Waals surface area (Å²) in [6.07, 6.45) is 3.34. The molecule has 4 heteroatoms. The average molecular weight is 240 g/mol. The Hall–Kier alpha value is -0.610. The molecule has 0 aromatic heterocycles. The summed E-state index contributed by atoms with van der Waals surface area (Å²) >= 11 is 0. The number of hydrogen-bond donors (Lipinski definition) is 1. The van der Waals surface area contributed by atoms with E-state index in [2.05, 4.69) is 17.1 Å². The minimum Gasteiger partial charge on any atom is -0.469 e. The Balaban J connectivity index is 1.86. The van der Waals surface area contributed by atoms with Crippen molar-refractivity contribution in [2.75, 3.05) is 39.8 Å². The van der Waals surface area contributed by atoms with Crippen molar-refractivity contribution in [3.63, 3.8) is 0 Å². The summed E-state index contributed by atoms with van der Waals surface area (Å²) in [6.45, 7) is 7.69. The predicted octanol–water partition coefficient (Wildman–Crippen LogP) is 0.871. The minimum atomic E-state index is -0.0376. The summed E-state index contributed by atoms with van der Waals surface area (Å²) in [5.41, 5.74) is 0.387. The van der Waals surface area contributed by atoms with Crippen molar-refractivity contribution in [3.05, 3.63) is 0 Å². The van der Waals surface area contributed by atoms with Gasteiger partial charge in [0, 0.05) is 19.6 Å². The van der Waals surface area contributed by atoms with Crippen molar-refractivity contribution < 1.29 is 9.53 Å². The summed E-state index contributed by atoms with van der Waals surface area (Å²) in [6, 6.07) is 0. The van der Waals surface area contributed by atoms with E-state index in [1.807, 2.05) is 0 Å². The van der Waals surface area contributed by atoms with Crippen molar-refractivity contribution in [3.8, 4) is 0 Å². The molecule has 0 amide bonds. The molecule has 4 nitrogen and oxygen atoms in total. The Morgan fingerprint density at radius 3 is 3.06 bits per heavy atom. The summed E-state index contributed by atoms with van der Waals surface area (Å²) in [5, 5.41) is 3.43. The van der Waals surface area contributed by atoms with Crippen LogP contribution < -0.4 is 5.32 Å². The van der Waals surface area contributed by atoms with Crippen molar-refractivity contribution in [1.29, 1.82) is 0 Å². The van der Waals surface area contributed by atoms with E-state index in [0.29, 0.717) is 5.41 Å². The molecule has 2 rings (SSSR count). The quantitative estimate of drug-likeness (QED) is 0.743. The van der Waals surface area contributed by atoms with Gasteiger partial charge in [-0.3, -0.25) is 4.79 Å². The van der Waals surface area contributed by atoms with Gasteiger partial charge in [-0.1, -0.05) is 6.92 Å². The maximum absolute atomic E-state index is 11.6. The third kappa shape index (κ3) is 3.19. The highest BCUT2D eigenvalue weighted by atomic mass is 16.5. The van der Waals surface area contributed by atoms with Gasteiger partial charge in [0.2, 0.25) is 0 Å². The molecule has 1 unspecified atom stereocenters. The monoisotopic (exact) mass is 240 g/mol. The lowest BCUT2D eigenvalue weighted by atomic mass is 9.87. The first-order chi connectivity index (χ1) is 8.13. The lowest BCUT2D eigenvalue weighted by Crippen LogP contribution is -2.44. The number of likely N-dealkylation sites (tertiary alicyclic amines) is 1. The van der Waals surface area contributed by atoms with Crippen LogP contribution in [-0.4, -0.2) is 50.7 Å². The zero-order chi connectivity index (χ0) is 12.3. The van der Waals surface area contributed by atoms with Gasteiger partial charge < -0.3 is 15.0 Å². The number of methoxy groups -OCH3 is 1. The molecule has 0 aliphatic carbocycles.